The molecule has 3 nitrogen and oxygen atoms in total. The first kappa shape index (κ1) is 25.2. The van der Waals surface area contributed by atoms with E-state index in [0.29, 0.717) is 36.7 Å². The third kappa shape index (κ3) is 4.32. The number of halogens is 2. The van der Waals surface area contributed by atoms with E-state index in [-0.39, 0.29) is 34.5 Å². The second-order valence-electron chi connectivity index (χ2n) is 11.8. The van der Waals surface area contributed by atoms with E-state index in [0.717, 1.165) is 31.3 Å². The van der Waals surface area contributed by atoms with E-state index in [1.54, 1.807) is 25.1 Å². The summed E-state index contributed by atoms with van der Waals surface area (Å²) >= 11 is 0. The summed E-state index contributed by atoms with van der Waals surface area (Å²) in [6, 6.07) is 2.67. The van der Waals surface area contributed by atoms with Gasteiger partial charge in [0.25, 0.3) is 0 Å². The molecule has 0 aliphatic heterocycles. The molecule has 36 heavy (non-hydrogen) atoms. The molecule has 0 aromatic heterocycles. The first-order valence-electron chi connectivity index (χ1n) is 13.4. The molecule has 5 aliphatic rings. The third-order valence-corrected chi connectivity index (χ3v) is 9.42. The lowest BCUT2D eigenvalue weighted by Gasteiger charge is -2.52. The van der Waals surface area contributed by atoms with Gasteiger partial charge in [0, 0.05) is 38.4 Å². The maximum Gasteiger partial charge on any atom is 0.156 e. The summed E-state index contributed by atoms with van der Waals surface area (Å²) in [6.07, 6.45) is 14.2. The maximum atomic E-state index is 15.4. The molecule has 1 aromatic carbocycles. The minimum Gasteiger partial charge on any atom is -0.393 e. The Bertz CT molecular complexity index is 1170. The molecule has 3 fully saturated rings. The molecular weight excluding hydrogens is 456 g/mol. The van der Waals surface area contributed by atoms with Crippen LogP contribution in [0.4, 0.5) is 14.5 Å². The molecule has 1 N–H and O–H groups in total. The van der Waals surface area contributed by atoms with Crippen LogP contribution in [0.25, 0.3) is 0 Å². The number of aliphatic hydroxyl groups excluding tert-OH is 1. The monoisotopic (exact) mass is 493 g/mol. The van der Waals surface area contributed by atoms with Crippen molar-refractivity contribution >= 4 is 11.5 Å². The number of aliphatic hydroxyl groups is 1. The molecule has 6 rings (SSSR count). The van der Waals surface area contributed by atoms with Crippen molar-refractivity contribution in [2.45, 2.75) is 76.7 Å². The van der Waals surface area contributed by atoms with Crippen molar-refractivity contribution in [2.24, 2.45) is 23.2 Å². The number of terminal acetylenes is 1. The number of hydrogen-bond donors (Lipinski definition) is 1. The Balaban J connectivity index is 0.000000477. The normalized spacial score (nSPS) is 32.9. The summed E-state index contributed by atoms with van der Waals surface area (Å²) in [7, 11) is 3.41. The molecule has 5 heteroatoms. The minimum absolute atomic E-state index is 0.166. The molecule has 0 saturated heterocycles. The number of hydrogen-bond acceptors (Lipinski definition) is 3. The van der Waals surface area contributed by atoms with Gasteiger partial charge in [0.05, 0.1) is 11.8 Å². The van der Waals surface area contributed by atoms with Crippen molar-refractivity contribution in [2.75, 3.05) is 19.0 Å². The standard InChI is InChI=1S/C26H31F2NO2.C5H6/c1-26-13-19(18-11-22(28)23(29(2)3)12-21(18)27)25-16-7-5-15(30)10-14(16)4-6-17(25)20(26)8-9-24(26)31;1-2-5-3-4-5/h10-12,17,19-20,24,31H,4-9,13H2,1-3H3;1,5H,3-4H2. The zero-order valence-electron chi connectivity index (χ0n) is 21.6. The van der Waals surface area contributed by atoms with E-state index in [9.17, 15) is 14.3 Å². The summed E-state index contributed by atoms with van der Waals surface area (Å²) < 4.78 is 30.4. The zero-order chi connectivity index (χ0) is 25.8. The molecule has 1 aromatic rings. The van der Waals surface area contributed by atoms with Gasteiger partial charge in [-0.1, -0.05) is 12.5 Å². The van der Waals surface area contributed by atoms with Crippen LogP contribution in [-0.4, -0.2) is 31.1 Å². The largest absolute Gasteiger partial charge is 0.393 e. The summed E-state index contributed by atoms with van der Waals surface area (Å²) in [6.45, 7) is 2.14. The number of rotatable bonds is 2. The van der Waals surface area contributed by atoms with Gasteiger partial charge in [0.2, 0.25) is 0 Å². The first-order chi connectivity index (χ1) is 17.1. The molecule has 0 bridgehead atoms. The highest BCUT2D eigenvalue weighted by molar-refractivity contribution is 5.93. The van der Waals surface area contributed by atoms with Crippen LogP contribution in [0.5, 0.6) is 0 Å². The highest BCUT2D eigenvalue weighted by Gasteiger charge is 2.56. The van der Waals surface area contributed by atoms with Crippen molar-refractivity contribution < 1.29 is 18.7 Å². The molecule has 3 saturated carbocycles. The Hall–Kier alpha value is -2.45. The number of carbonyl (C=O) groups is 1. The Morgan fingerprint density at radius 2 is 1.81 bits per heavy atom. The number of anilines is 1. The van der Waals surface area contributed by atoms with Crippen molar-refractivity contribution in [1.29, 1.82) is 0 Å². The van der Waals surface area contributed by atoms with Crippen LogP contribution >= 0.6 is 0 Å². The van der Waals surface area contributed by atoms with Gasteiger partial charge in [-0.2, -0.15) is 0 Å². The van der Waals surface area contributed by atoms with Gasteiger partial charge in [-0.05, 0) is 97.5 Å². The van der Waals surface area contributed by atoms with E-state index in [4.69, 9.17) is 6.42 Å². The van der Waals surface area contributed by atoms with Gasteiger partial charge in [0.1, 0.15) is 11.6 Å². The number of allylic oxidation sites excluding steroid dienone is 4. The third-order valence-electron chi connectivity index (χ3n) is 9.42. The SMILES string of the molecule is C#CC1CC1.CN(C)c1cc(F)c(C2CC3(C)C(O)CCC3C3CCC4=CC(=O)CCC4=C23)cc1F. The number of benzene rings is 1. The average Bonchev–Trinajstić information content (AvgIpc) is 3.64. The Labute approximate surface area is 213 Å². The number of carbonyl (C=O) groups excluding carboxylic acids is 1. The topological polar surface area (TPSA) is 40.5 Å². The fraction of sp³-hybridized carbons (Fsp3) is 0.581. The van der Waals surface area contributed by atoms with Crippen LogP contribution in [0.2, 0.25) is 0 Å². The lowest BCUT2D eigenvalue weighted by atomic mass is 9.53. The predicted octanol–water partition coefficient (Wildman–Crippen LogP) is 6.32. The predicted molar refractivity (Wildman–Crippen MR) is 139 cm³/mol. The van der Waals surface area contributed by atoms with Crippen LogP contribution < -0.4 is 4.90 Å². The van der Waals surface area contributed by atoms with Gasteiger partial charge < -0.3 is 10.0 Å². The molecule has 0 amide bonds. The Morgan fingerprint density at radius 1 is 1.06 bits per heavy atom. The number of ketones is 1. The van der Waals surface area contributed by atoms with E-state index >= 15 is 4.39 Å². The maximum absolute atomic E-state index is 15.4. The highest BCUT2D eigenvalue weighted by atomic mass is 19.1. The first-order valence-corrected chi connectivity index (χ1v) is 13.4. The molecule has 0 spiro atoms. The Kier molecular flexibility index (Phi) is 6.62. The van der Waals surface area contributed by atoms with Crippen LogP contribution in [0.3, 0.4) is 0 Å². The van der Waals surface area contributed by atoms with E-state index in [1.807, 2.05) is 0 Å². The van der Waals surface area contributed by atoms with Crippen LogP contribution in [0.15, 0.2) is 34.9 Å². The lowest BCUT2D eigenvalue weighted by molar-refractivity contribution is -0.114. The van der Waals surface area contributed by atoms with Gasteiger partial charge in [-0.3, -0.25) is 4.79 Å². The molecule has 0 radical (unpaired) electrons. The van der Waals surface area contributed by atoms with Crippen molar-refractivity contribution in [1.82, 2.24) is 0 Å². The molecule has 5 unspecified atom stereocenters. The summed E-state index contributed by atoms with van der Waals surface area (Å²) in [5, 5.41) is 10.9. The molecule has 5 aliphatic carbocycles. The second-order valence-corrected chi connectivity index (χ2v) is 11.8. The quantitative estimate of drug-likeness (QED) is 0.490. The molecule has 0 heterocycles. The van der Waals surface area contributed by atoms with E-state index < -0.39 is 11.9 Å². The van der Waals surface area contributed by atoms with Gasteiger partial charge in [0.15, 0.2) is 5.78 Å². The number of nitrogens with zero attached hydrogens (tertiary/aromatic N) is 1. The summed E-state index contributed by atoms with van der Waals surface area (Å²) in [5.74, 6) is 3.00. The fourth-order valence-electron chi connectivity index (χ4n) is 7.32. The van der Waals surface area contributed by atoms with E-state index in [1.165, 1.54) is 36.1 Å². The van der Waals surface area contributed by atoms with Crippen LogP contribution in [0, 0.1) is 47.1 Å². The molecule has 192 valence electrons. The number of fused-ring (bicyclic) bond motifs is 4. The van der Waals surface area contributed by atoms with Gasteiger partial charge in [-0.15, -0.1) is 12.3 Å². The van der Waals surface area contributed by atoms with Gasteiger partial charge >= 0.3 is 0 Å². The molecular formula is C31H37F2NO2. The minimum atomic E-state index is -0.423. The highest BCUT2D eigenvalue weighted by Crippen LogP contribution is 2.64. The van der Waals surface area contributed by atoms with Crippen LogP contribution in [-0.2, 0) is 4.79 Å². The van der Waals surface area contributed by atoms with Gasteiger partial charge in [-0.25, -0.2) is 8.78 Å². The second kappa shape index (κ2) is 9.45. The fourth-order valence-corrected chi connectivity index (χ4v) is 7.32. The summed E-state index contributed by atoms with van der Waals surface area (Å²) in [4.78, 5) is 13.6. The average molecular weight is 494 g/mol. The summed E-state index contributed by atoms with van der Waals surface area (Å²) in [5.41, 5.74) is 3.86. The van der Waals surface area contributed by atoms with Crippen LogP contribution in [0.1, 0.15) is 76.2 Å². The lowest BCUT2D eigenvalue weighted by Crippen LogP contribution is -2.45. The molecule has 5 atom stereocenters. The smallest absolute Gasteiger partial charge is 0.156 e. The van der Waals surface area contributed by atoms with E-state index in [2.05, 4.69) is 12.8 Å². The van der Waals surface area contributed by atoms with Crippen molar-refractivity contribution in [3.8, 4) is 12.3 Å². The van der Waals surface area contributed by atoms with Crippen molar-refractivity contribution in [3.05, 3.63) is 52.1 Å². The Morgan fingerprint density at radius 3 is 2.44 bits per heavy atom. The van der Waals surface area contributed by atoms with Crippen molar-refractivity contribution in [3.63, 3.8) is 0 Å². The zero-order valence-corrected chi connectivity index (χ0v) is 21.6.